The van der Waals surface area contributed by atoms with Gasteiger partial charge in [-0.25, -0.2) is 0 Å². The summed E-state index contributed by atoms with van der Waals surface area (Å²) >= 11 is 1.84. The first kappa shape index (κ1) is 19.3. The Morgan fingerprint density at radius 3 is 2.83 bits per heavy atom. The van der Waals surface area contributed by atoms with E-state index in [9.17, 15) is 4.21 Å². The minimum absolute atomic E-state index is 0.341. The summed E-state index contributed by atoms with van der Waals surface area (Å²) in [4.78, 5) is 5.62. The van der Waals surface area contributed by atoms with Crippen molar-refractivity contribution in [3.8, 4) is 0 Å². The van der Waals surface area contributed by atoms with Crippen molar-refractivity contribution in [2.24, 2.45) is 4.99 Å². The van der Waals surface area contributed by atoms with Crippen LogP contribution in [-0.4, -0.2) is 46.6 Å². The molecule has 1 fully saturated rings. The number of aliphatic imine (C=N–C) groups is 1. The Balaban J connectivity index is 1.71. The molecule has 4 nitrogen and oxygen atoms in total. The van der Waals surface area contributed by atoms with E-state index in [4.69, 9.17) is 0 Å². The lowest BCUT2D eigenvalue weighted by Gasteiger charge is -2.30. The number of nitrogens with one attached hydrogen (secondary N) is 2. The van der Waals surface area contributed by atoms with Crippen LogP contribution >= 0.6 is 11.8 Å². The molecule has 3 atom stereocenters. The summed E-state index contributed by atoms with van der Waals surface area (Å²) in [5.41, 5.74) is 0. The van der Waals surface area contributed by atoms with Crippen molar-refractivity contribution in [1.29, 1.82) is 0 Å². The van der Waals surface area contributed by atoms with Gasteiger partial charge >= 0.3 is 0 Å². The maximum atomic E-state index is 12.0. The first-order valence-corrected chi connectivity index (χ1v) is 11.1. The van der Waals surface area contributed by atoms with Crippen LogP contribution in [0.4, 0.5) is 0 Å². The average Bonchev–Trinajstić information content (AvgIpc) is 2.64. The quantitative estimate of drug-likeness (QED) is 0.337. The van der Waals surface area contributed by atoms with Gasteiger partial charge in [-0.2, -0.15) is 0 Å². The van der Waals surface area contributed by atoms with Crippen LogP contribution in [-0.2, 0) is 10.8 Å². The molecule has 0 amide bonds. The monoisotopic (exact) mass is 367 g/mol. The molecule has 0 aliphatic heterocycles. The highest BCUT2D eigenvalue weighted by atomic mass is 32.2. The lowest BCUT2D eigenvalue weighted by molar-refractivity contribution is 0.414. The summed E-state index contributed by atoms with van der Waals surface area (Å²) in [7, 11) is 1.13. The summed E-state index contributed by atoms with van der Waals surface area (Å²) in [5.74, 6) is 2.62. The van der Waals surface area contributed by atoms with Gasteiger partial charge in [0.1, 0.15) is 0 Å². The summed E-state index contributed by atoms with van der Waals surface area (Å²) in [6.07, 6.45) is 4.37. The third-order valence-electron chi connectivity index (χ3n) is 4.25. The second-order valence-electron chi connectivity index (χ2n) is 5.96. The van der Waals surface area contributed by atoms with Crippen LogP contribution in [0, 0.1) is 0 Å². The van der Waals surface area contributed by atoms with Crippen molar-refractivity contribution >= 4 is 28.5 Å². The molecule has 1 aliphatic carbocycles. The number of hydrogen-bond acceptors (Lipinski definition) is 3. The topological polar surface area (TPSA) is 53.5 Å². The molecule has 1 aromatic rings. The smallest absolute Gasteiger partial charge is 0.191 e. The van der Waals surface area contributed by atoms with Gasteiger partial charge in [0.15, 0.2) is 5.96 Å². The van der Waals surface area contributed by atoms with E-state index < -0.39 is 10.8 Å². The molecule has 0 bridgehead atoms. The van der Waals surface area contributed by atoms with Crippen molar-refractivity contribution in [1.82, 2.24) is 10.6 Å². The Morgan fingerprint density at radius 1 is 1.33 bits per heavy atom. The van der Waals surface area contributed by atoms with Crippen LogP contribution in [0.15, 0.2) is 40.2 Å². The van der Waals surface area contributed by atoms with E-state index in [0.717, 1.165) is 49.7 Å². The van der Waals surface area contributed by atoms with E-state index >= 15 is 0 Å². The third kappa shape index (κ3) is 6.48. The van der Waals surface area contributed by atoms with Gasteiger partial charge in [0.2, 0.25) is 0 Å². The molecular weight excluding hydrogens is 338 g/mol. The molecule has 0 spiro atoms. The molecule has 6 heteroatoms. The van der Waals surface area contributed by atoms with Gasteiger partial charge in [0.05, 0.1) is 0 Å². The maximum absolute atomic E-state index is 12.0. The van der Waals surface area contributed by atoms with Gasteiger partial charge in [-0.1, -0.05) is 31.5 Å². The zero-order chi connectivity index (χ0) is 17.2. The molecule has 134 valence electrons. The van der Waals surface area contributed by atoms with Gasteiger partial charge < -0.3 is 10.6 Å². The van der Waals surface area contributed by atoms with Crippen LogP contribution in [0.5, 0.6) is 0 Å². The standard InChI is InChI=1S/C18H29N3OS2/c1-3-24(22)17-11-7-8-15(14-17)21-18(19-2)20-12-13-23-16-9-5-4-6-10-16/h4-6,9-10,15,17H,3,7-8,11-14H2,1-2H3,(H2,19,20,21). The summed E-state index contributed by atoms with van der Waals surface area (Å²) in [6, 6.07) is 10.8. The summed E-state index contributed by atoms with van der Waals surface area (Å²) in [6.45, 7) is 2.88. The lowest BCUT2D eigenvalue weighted by atomic mass is 9.95. The van der Waals surface area contributed by atoms with Crippen LogP contribution < -0.4 is 10.6 Å². The van der Waals surface area contributed by atoms with Gasteiger partial charge in [-0.15, -0.1) is 11.8 Å². The Morgan fingerprint density at radius 2 is 2.12 bits per heavy atom. The molecule has 2 rings (SSSR count). The SMILES string of the molecule is CCS(=O)C1CCCC(NC(=NC)NCCSc2ccccc2)C1. The number of thioether (sulfide) groups is 1. The Hall–Kier alpha value is -1.01. The molecule has 0 aromatic heterocycles. The predicted octanol–water partition coefficient (Wildman–Crippen LogP) is 3.02. The first-order valence-electron chi connectivity index (χ1n) is 8.75. The molecule has 1 aliphatic rings. The Bertz CT molecular complexity index is 536. The highest BCUT2D eigenvalue weighted by Gasteiger charge is 2.25. The van der Waals surface area contributed by atoms with Crippen molar-refractivity contribution < 1.29 is 4.21 Å². The fourth-order valence-electron chi connectivity index (χ4n) is 2.99. The number of hydrogen-bond donors (Lipinski definition) is 2. The third-order valence-corrected chi connectivity index (χ3v) is 7.01. The van der Waals surface area contributed by atoms with Crippen LogP contribution in [0.2, 0.25) is 0 Å². The molecule has 0 heterocycles. The van der Waals surface area contributed by atoms with Gasteiger partial charge in [-0.05, 0) is 31.4 Å². The van der Waals surface area contributed by atoms with Crippen LogP contribution in [0.3, 0.4) is 0 Å². The van der Waals surface area contributed by atoms with Gasteiger partial charge in [0, 0.05) is 52.1 Å². The van der Waals surface area contributed by atoms with Crippen molar-refractivity contribution in [3.63, 3.8) is 0 Å². The molecule has 24 heavy (non-hydrogen) atoms. The highest BCUT2D eigenvalue weighted by Crippen LogP contribution is 2.23. The number of benzene rings is 1. The lowest BCUT2D eigenvalue weighted by Crippen LogP contribution is -2.47. The number of rotatable bonds is 7. The van der Waals surface area contributed by atoms with Gasteiger partial charge in [-0.3, -0.25) is 9.20 Å². The zero-order valence-electron chi connectivity index (χ0n) is 14.7. The van der Waals surface area contributed by atoms with E-state index in [-0.39, 0.29) is 0 Å². The Kier molecular flexibility index (Phi) is 8.67. The second-order valence-corrected chi connectivity index (χ2v) is 9.13. The van der Waals surface area contributed by atoms with E-state index in [0.29, 0.717) is 11.3 Å². The minimum Gasteiger partial charge on any atom is -0.356 e. The van der Waals surface area contributed by atoms with Crippen molar-refractivity contribution in [2.75, 3.05) is 25.1 Å². The van der Waals surface area contributed by atoms with E-state index in [1.165, 1.54) is 4.90 Å². The molecule has 3 unspecified atom stereocenters. The number of guanidine groups is 1. The fourth-order valence-corrected chi connectivity index (χ4v) is 5.13. The predicted molar refractivity (Wildman–Crippen MR) is 106 cm³/mol. The summed E-state index contributed by atoms with van der Waals surface area (Å²) < 4.78 is 12.0. The van der Waals surface area contributed by atoms with Crippen LogP contribution in [0.1, 0.15) is 32.6 Å². The zero-order valence-corrected chi connectivity index (χ0v) is 16.3. The second kappa shape index (κ2) is 10.8. The van der Waals surface area contributed by atoms with E-state index in [1.807, 2.05) is 31.8 Å². The largest absolute Gasteiger partial charge is 0.356 e. The average molecular weight is 368 g/mol. The maximum Gasteiger partial charge on any atom is 0.191 e. The Labute approximate surface area is 152 Å². The number of nitrogens with zero attached hydrogens (tertiary/aromatic N) is 1. The van der Waals surface area contributed by atoms with Crippen LogP contribution in [0.25, 0.3) is 0 Å². The molecule has 1 aromatic carbocycles. The highest BCUT2D eigenvalue weighted by molar-refractivity contribution is 7.99. The normalized spacial score (nSPS) is 22.8. The van der Waals surface area contributed by atoms with Crippen molar-refractivity contribution in [3.05, 3.63) is 30.3 Å². The van der Waals surface area contributed by atoms with Crippen molar-refractivity contribution in [2.45, 2.75) is 48.8 Å². The molecule has 0 saturated heterocycles. The first-order chi connectivity index (χ1) is 11.7. The minimum atomic E-state index is -0.683. The fraction of sp³-hybridized carbons (Fsp3) is 0.611. The van der Waals surface area contributed by atoms with Gasteiger partial charge in [0.25, 0.3) is 0 Å². The molecule has 0 radical (unpaired) electrons. The van der Waals surface area contributed by atoms with E-state index in [2.05, 4.69) is 39.9 Å². The molecule has 1 saturated carbocycles. The molecular formula is C18H29N3OS2. The summed E-state index contributed by atoms with van der Waals surface area (Å²) in [5, 5.41) is 7.24. The molecule has 2 N–H and O–H groups in total. The van der Waals surface area contributed by atoms with E-state index in [1.54, 1.807) is 0 Å².